The van der Waals surface area contributed by atoms with Crippen molar-refractivity contribution < 1.29 is 9.47 Å². The van der Waals surface area contributed by atoms with E-state index in [0.29, 0.717) is 37.7 Å². The van der Waals surface area contributed by atoms with Crippen molar-refractivity contribution in [3.63, 3.8) is 0 Å². The SMILES string of the molecule is [B]n1cccc1/C(CCN)=C1N=C(/C=C/c2ccc(OCc3ccccc3)c(OCc3ccccc3)c2)C=C\1C. The van der Waals surface area contributed by atoms with E-state index in [1.54, 1.807) is 4.48 Å². The normalized spacial score (nSPS) is 14.2. The lowest BCUT2D eigenvalue weighted by atomic mass is 10.0. The highest BCUT2D eigenvalue weighted by atomic mass is 16.5. The number of aromatic nitrogens is 1. The number of hydrogen-bond donors (Lipinski definition) is 1. The Kier molecular flexibility index (Phi) is 8.79. The second-order valence-electron chi connectivity index (χ2n) is 9.62. The molecule has 40 heavy (non-hydrogen) atoms. The number of allylic oxidation sites excluding steroid dienone is 3. The number of benzene rings is 3. The van der Waals surface area contributed by atoms with Crippen molar-refractivity contribution in [3.05, 3.63) is 143 Å². The van der Waals surface area contributed by atoms with Crippen molar-refractivity contribution in [2.45, 2.75) is 26.6 Å². The highest BCUT2D eigenvalue weighted by molar-refractivity contribution is 6.11. The van der Waals surface area contributed by atoms with Crippen molar-refractivity contribution >= 4 is 25.3 Å². The Labute approximate surface area is 237 Å². The number of nitrogens with two attached hydrogens (primary N) is 1. The fourth-order valence-electron chi connectivity index (χ4n) is 4.61. The average molecular weight is 525 g/mol. The molecule has 0 saturated carbocycles. The molecule has 2 N–H and O–H groups in total. The summed E-state index contributed by atoms with van der Waals surface area (Å²) in [5.41, 5.74) is 13.9. The zero-order valence-electron chi connectivity index (χ0n) is 22.7. The van der Waals surface area contributed by atoms with Gasteiger partial charge in [0.1, 0.15) is 13.2 Å². The van der Waals surface area contributed by atoms with Crippen LogP contribution in [0.4, 0.5) is 0 Å². The van der Waals surface area contributed by atoms with Crippen LogP contribution in [0.25, 0.3) is 11.6 Å². The molecule has 0 amide bonds. The van der Waals surface area contributed by atoms with E-state index in [2.05, 4.69) is 13.0 Å². The van der Waals surface area contributed by atoms with Crippen LogP contribution in [0.2, 0.25) is 0 Å². The number of aliphatic imine (C=N–C) groups is 1. The lowest BCUT2D eigenvalue weighted by Gasteiger charge is -2.14. The second kappa shape index (κ2) is 13.0. The maximum absolute atomic E-state index is 6.23. The van der Waals surface area contributed by atoms with Crippen LogP contribution >= 0.6 is 0 Å². The van der Waals surface area contributed by atoms with E-state index in [-0.39, 0.29) is 0 Å². The summed E-state index contributed by atoms with van der Waals surface area (Å²) in [6, 6.07) is 30.1. The number of ether oxygens (including phenoxy) is 2. The summed E-state index contributed by atoms with van der Waals surface area (Å²) in [7, 11) is 6.13. The summed E-state index contributed by atoms with van der Waals surface area (Å²) in [6.07, 6.45) is 8.65. The van der Waals surface area contributed by atoms with E-state index < -0.39 is 0 Å². The minimum atomic E-state index is 0.450. The molecule has 0 fully saturated rings. The van der Waals surface area contributed by atoms with Crippen LogP contribution in [-0.4, -0.2) is 24.7 Å². The Morgan fingerprint density at radius 1 is 0.850 bits per heavy atom. The van der Waals surface area contributed by atoms with Crippen LogP contribution in [0.5, 0.6) is 11.5 Å². The van der Waals surface area contributed by atoms with Gasteiger partial charge in [0, 0.05) is 11.3 Å². The fourth-order valence-corrected chi connectivity index (χ4v) is 4.61. The lowest BCUT2D eigenvalue weighted by molar-refractivity contribution is 0.256. The second-order valence-corrected chi connectivity index (χ2v) is 9.62. The quantitative estimate of drug-likeness (QED) is 0.220. The summed E-state index contributed by atoms with van der Waals surface area (Å²) in [5, 5.41) is 0. The standard InChI is InChI=1S/C34H32BN3O2/c1-25-21-29(37-34(25)30(18-19-36)31-13-8-20-38(31)35)16-14-26-15-17-32(39-23-27-9-4-2-5-10-27)33(22-26)40-24-28-11-6-3-7-12-28/h2-17,20-22H,18-19,23-24,36H2,1H3/b16-14+,34-30-. The summed E-state index contributed by atoms with van der Waals surface area (Å²) in [4.78, 5) is 4.92. The van der Waals surface area contributed by atoms with Gasteiger partial charge in [-0.2, -0.15) is 0 Å². The topological polar surface area (TPSA) is 61.8 Å². The van der Waals surface area contributed by atoms with Gasteiger partial charge in [0.2, 0.25) is 7.98 Å². The molecule has 0 saturated heterocycles. The predicted octanol–water partition coefficient (Wildman–Crippen LogP) is 6.75. The Bertz CT molecular complexity index is 1570. The van der Waals surface area contributed by atoms with Crippen LogP contribution in [-0.2, 0) is 13.2 Å². The van der Waals surface area contributed by atoms with Crippen molar-refractivity contribution in [1.29, 1.82) is 0 Å². The average Bonchev–Trinajstić information content (AvgIpc) is 3.58. The first kappa shape index (κ1) is 27.0. The Balaban J connectivity index is 1.38. The maximum Gasteiger partial charge on any atom is 0.234 e. The summed E-state index contributed by atoms with van der Waals surface area (Å²) in [5.74, 6) is 1.39. The highest BCUT2D eigenvalue weighted by Crippen LogP contribution is 2.32. The molecule has 1 aliphatic rings. The zero-order chi connectivity index (χ0) is 27.7. The molecule has 6 heteroatoms. The van der Waals surface area contributed by atoms with Crippen molar-refractivity contribution in [2.75, 3.05) is 6.54 Å². The first-order valence-corrected chi connectivity index (χ1v) is 13.4. The van der Waals surface area contributed by atoms with E-state index in [4.69, 9.17) is 28.2 Å². The van der Waals surface area contributed by atoms with Crippen LogP contribution in [0, 0.1) is 0 Å². The molecule has 5 rings (SSSR count). The van der Waals surface area contributed by atoms with Gasteiger partial charge in [0.15, 0.2) is 11.5 Å². The molecule has 0 unspecified atom stereocenters. The molecule has 0 spiro atoms. The Morgan fingerprint density at radius 2 is 1.52 bits per heavy atom. The van der Waals surface area contributed by atoms with Gasteiger partial charge >= 0.3 is 0 Å². The van der Waals surface area contributed by atoms with Gasteiger partial charge in [-0.25, -0.2) is 4.99 Å². The molecule has 198 valence electrons. The Morgan fingerprint density at radius 3 is 2.15 bits per heavy atom. The number of nitrogens with zero attached hydrogens (tertiary/aromatic N) is 2. The van der Waals surface area contributed by atoms with Gasteiger partial charge < -0.3 is 19.7 Å². The molecule has 4 aromatic rings. The van der Waals surface area contributed by atoms with E-state index in [0.717, 1.165) is 44.9 Å². The van der Waals surface area contributed by atoms with Gasteiger partial charge in [0.05, 0.1) is 11.4 Å². The molecule has 2 radical (unpaired) electrons. The third-order valence-corrected chi connectivity index (χ3v) is 6.64. The Hall–Kier alpha value is -4.55. The molecule has 0 aliphatic carbocycles. The van der Waals surface area contributed by atoms with Gasteiger partial charge in [-0.1, -0.05) is 72.8 Å². The molecule has 5 nitrogen and oxygen atoms in total. The minimum Gasteiger partial charge on any atom is -0.485 e. The van der Waals surface area contributed by atoms with Crippen LogP contribution in [0.3, 0.4) is 0 Å². The molecule has 3 aromatic carbocycles. The predicted molar refractivity (Wildman–Crippen MR) is 164 cm³/mol. The van der Waals surface area contributed by atoms with E-state index in [9.17, 15) is 0 Å². The van der Waals surface area contributed by atoms with E-state index >= 15 is 0 Å². The molecule has 0 bridgehead atoms. The van der Waals surface area contributed by atoms with Gasteiger partial charge in [-0.3, -0.25) is 0 Å². The smallest absolute Gasteiger partial charge is 0.234 e. The van der Waals surface area contributed by atoms with Gasteiger partial charge in [-0.15, -0.1) is 0 Å². The van der Waals surface area contributed by atoms with Crippen molar-refractivity contribution in [1.82, 2.24) is 4.48 Å². The van der Waals surface area contributed by atoms with E-state index in [1.807, 2.05) is 109 Å². The molecular formula is C34H32BN3O2. The zero-order valence-corrected chi connectivity index (χ0v) is 22.7. The third-order valence-electron chi connectivity index (χ3n) is 6.64. The highest BCUT2D eigenvalue weighted by Gasteiger charge is 2.17. The lowest BCUT2D eigenvalue weighted by Crippen LogP contribution is -2.05. The van der Waals surface area contributed by atoms with Gasteiger partial charge in [-0.05, 0) is 84.8 Å². The summed E-state index contributed by atoms with van der Waals surface area (Å²) in [6.45, 7) is 3.49. The van der Waals surface area contributed by atoms with Crippen LogP contribution in [0.1, 0.15) is 35.7 Å². The van der Waals surface area contributed by atoms with Gasteiger partial charge in [0.25, 0.3) is 0 Å². The third kappa shape index (κ3) is 6.71. The maximum atomic E-state index is 6.23. The summed E-state index contributed by atoms with van der Waals surface area (Å²) < 4.78 is 14.0. The minimum absolute atomic E-state index is 0.450. The molecule has 1 aliphatic heterocycles. The monoisotopic (exact) mass is 525 g/mol. The van der Waals surface area contributed by atoms with E-state index in [1.165, 1.54) is 0 Å². The van der Waals surface area contributed by atoms with Crippen molar-refractivity contribution in [2.24, 2.45) is 10.7 Å². The largest absolute Gasteiger partial charge is 0.485 e. The molecule has 1 aromatic heterocycles. The first-order valence-electron chi connectivity index (χ1n) is 13.4. The molecular weight excluding hydrogens is 493 g/mol. The fraction of sp³-hybridized carbons (Fsp3) is 0.147. The van der Waals surface area contributed by atoms with Crippen LogP contribution in [0.15, 0.2) is 126 Å². The van der Waals surface area contributed by atoms with Crippen LogP contribution < -0.4 is 15.2 Å². The van der Waals surface area contributed by atoms with Crippen molar-refractivity contribution in [3.8, 4) is 11.5 Å². The molecule has 0 atom stereocenters. The number of rotatable bonds is 11. The first-order chi connectivity index (χ1) is 19.6. The molecule has 2 heterocycles. The summed E-state index contributed by atoms with van der Waals surface area (Å²) >= 11 is 0. The number of hydrogen-bond acceptors (Lipinski definition) is 4.